The molecule has 1 atom stereocenters. The second kappa shape index (κ2) is 5.03. The van der Waals surface area contributed by atoms with Crippen molar-refractivity contribution in [3.8, 4) is 0 Å². The zero-order valence-corrected chi connectivity index (χ0v) is 8.60. The number of aliphatic hydroxyl groups is 1. The zero-order chi connectivity index (χ0) is 10.6. The molecule has 0 bridgehead atoms. The van der Waals surface area contributed by atoms with Crippen LogP contribution in [0, 0.1) is 0 Å². The smallest absolute Gasteiger partial charge is 0.253 e. The maximum Gasteiger partial charge on any atom is 0.253 e. The summed E-state index contributed by atoms with van der Waals surface area (Å²) in [5.41, 5.74) is -0.749. The number of alkyl halides is 2. The monoisotopic (exact) mass is 207 g/mol. The molecule has 14 heavy (non-hydrogen) atoms. The number of nitrogens with one attached hydrogen (secondary N) is 1. The third kappa shape index (κ3) is 3.50. The molecule has 0 amide bonds. The molecule has 0 aromatic carbocycles. The van der Waals surface area contributed by atoms with Gasteiger partial charge in [-0.05, 0) is 19.8 Å². The minimum absolute atomic E-state index is 0.290. The summed E-state index contributed by atoms with van der Waals surface area (Å²) in [6.07, 6.45) is 2.25. The summed E-state index contributed by atoms with van der Waals surface area (Å²) in [6.45, 7) is 1.73. The van der Waals surface area contributed by atoms with E-state index < -0.39 is 18.1 Å². The van der Waals surface area contributed by atoms with Gasteiger partial charge >= 0.3 is 0 Å². The molecule has 4 heteroatoms. The first-order valence-corrected chi connectivity index (χ1v) is 5.27. The molecular weight excluding hydrogens is 188 g/mol. The van der Waals surface area contributed by atoms with Gasteiger partial charge in [0.25, 0.3) is 6.43 Å². The highest BCUT2D eigenvalue weighted by Gasteiger charge is 2.30. The Hall–Kier alpha value is -0.220. The van der Waals surface area contributed by atoms with E-state index in [1.807, 2.05) is 0 Å². The van der Waals surface area contributed by atoms with E-state index in [4.69, 9.17) is 0 Å². The standard InChI is InChI=1S/C10H19F2NO/c1-8(9(11)12)13-7-10(14)5-3-2-4-6-10/h8-9,13-14H,2-7H2,1H3. The van der Waals surface area contributed by atoms with E-state index in [0.717, 1.165) is 32.1 Å². The first-order chi connectivity index (χ1) is 6.53. The SMILES string of the molecule is CC(NCC1(O)CCCCC1)C(F)F. The van der Waals surface area contributed by atoms with Crippen LogP contribution < -0.4 is 5.32 Å². The van der Waals surface area contributed by atoms with Gasteiger partial charge in [0.15, 0.2) is 0 Å². The molecule has 84 valence electrons. The summed E-state index contributed by atoms with van der Waals surface area (Å²) in [4.78, 5) is 0. The van der Waals surface area contributed by atoms with E-state index in [9.17, 15) is 13.9 Å². The lowest BCUT2D eigenvalue weighted by Crippen LogP contribution is -2.46. The van der Waals surface area contributed by atoms with Crippen LogP contribution in [0.15, 0.2) is 0 Å². The van der Waals surface area contributed by atoms with Crippen LogP contribution in [0.5, 0.6) is 0 Å². The summed E-state index contributed by atoms with van der Waals surface area (Å²) in [6, 6.07) is -0.832. The maximum absolute atomic E-state index is 12.2. The fraction of sp³-hybridized carbons (Fsp3) is 1.00. The molecule has 1 rings (SSSR count). The highest BCUT2D eigenvalue weighted by atomic mass is 19.3. The van der Waals surface area contributed by atoms with E-state index in [1.54, 1.807) is 0 Å². The van der Waals surface area contributed by atoms with Gasteiger partial charge in [0.05, 0.1) is 11.6 Å². The van der Waals surface area contributed by atoms with Gasteiger partial charge in [0.1, 0.15) is 0 Å². The lowest BCUT2D eigenvalue weighted by molar-refractivity contribution is -0.00375. The predicted molar refractivity (Wildman–Crippen MR) is 51.5 cm³/mol. The Morgan fingerprint density at radius 1 is 1.29 bits per heavy atom. The van der Waals surface area contributed by atoms with Crippen LogP contribution in [0.3, 0.4) is 0 Å². The van der Waals surface area contributed by atoms with Crippen molar-refractivity contribution in [1.29, 1.82) is 0 Å². The predicted octanol–water partition coefficient (Wildman–Crippen LogP) is 1.92. The van der Waals surface area contributed by atoms with Crippen LogP contribution in [0.25, 0.3) is 0 Å². The first kappa shape index (κ1) is 11.9. The van der Waals surface area contributed by atoms with E-state index in [-0.39, 0.29) is 0 Å². The molecule has 0 saturated heterocycles. The van der Waals surface area contributed by atoms with E-state index in [2.05, 4.69) is 5.32 Å². The lowest BCUT2D eigenvalue weighted by atomic mass is 9.85. The molecule has 0 radical (unpaired) electrons. The molecule has 0 aliphatic heterocycles. The van der Waals surface area contributed by atoms with Crippen molar-refractivity contribution in [3.63, 3.8) is 0 Å². The van der Waals surface area contributed by atoms with Crippen molar-refractivity contribution in [2.45, 2.75) is 57.1 Å². The number of rotatable bonds is 4. The summed E-state index contributed by atoms with van der Waals surface area (Å²) in [5.74, 6) is 0. The number of hydrogen-bond acceptors (Lipinski definition) is 2. The molecule has 0 aromatic rings. The van der Waals surface area contributed by atoms with Crippen LogP contribution in [0.1, 0.15) is 39.0 Å². The Morgan fingerprint density at radius 3 is 2.36 bits per heavy atom. The first-order valence-electron chi connectivity index (χ1n) is 5.27. The van der Waals surface area contributed by atoms with Gasteiger partial charge in [0.2, 0.25) is 0 Å². The third-order valence-electron chi connectivity index (χ3n) is 2.92. The van der Waals surface area contributed by atoms with Crippen LogP contribution in [-0.2, 0) is 0 Å². The van der Waals surface area contributed by atoms with Crippen molar-refractivity contribution < 1.29 is 13.9 Å². The van der Waals surface area contributed by atoms with Crippen molar-refractivity contribution in [1.82, 2.24) is 5.32 Å². The molecule has 0 aromatic heterocycles. The molecule has 2 N–H and O–H groups in total. The average molecular weight is 207 g/mol. The topological polar surface area (TPSA) is 32.3 Å². The molecule has 0 heterocycles. The van der Waals surface area contributed by atoms with Gasteiger partial charge in [-0.3, -0.25) is 0 Å². The fourth-order valence-corrected chi connectivity index (χ4v) is 1.83. The van der Waals surface area contributed by atoms with Crippen molar-refractivity contribution >= 4 is 0 Å². The average Bonchev–Trinajstić information content (AvgIpc) is 2.15. The highest BCUT2D eigenvalue weighted by Crippen LogP contribution is 2.27. The summed E-state index contributed by atoms with van der Waals surface area (Å²) < 4.78 is 24.3. The molecular formula is C10H19F2NO. The molecule has 1 aliphatic carbocycles. The summed E-state index contributed by atoms with van der Waals surface area (Å²) in [5, 5.41) is 12.7. The zero-order valence-electron chi connectivity index (χ0n) is 8.60. The fourth-order valence-electron chi connectivity index (χ4n) is 1.83. The number of hydrogen-bond donors (Lipinski definition) is 2. The second-order valence-electron chi connectivity index (χ2n) is 4.29. The summed E-state index contributed by atoms with van der Waals surface area (Å²) >= 11 is 0. The van der Waals surface area contributed by atoms with Crippen LogP contribution in [0.4, 0.5) is 8.78 Å². The Kier molecular flexibility index (Phi) is 4.26. The van der Waals surface area contributed by atoms with Gasteiger partial charge in [-0.25, -0.2) is 8.78 Å². The van der Waals surface area contributed by atoms with Gasteiger partial charge < -0.3 is 10.4 Å². The molecule has 0 spiro atoms. The molecule has 1 fully saturated rings. The normalized spacial score (nSPS) is 23.8. The Labute approximate surface area is 83.7 Å². The highest BCUT2D eigenvalue weighted by molar-refractivity contribution is 4.85. The largest absolute Gasteiger partial charge is 0.389 e. The van der Waals surface area contributed by atoms with Crippen LogP contribution in [-0.4, -0.2) is 29.7 Å². The number of halogens is 2. The Bertz CT molecular complexity index is 170. The third-order valence-corrected chi connectivity index (χ3v) is 2.92. The van der Waals surface area contributed by atoms with Gasteiger partial charge in [-0.15, -0.1) is 0 Å². The Balaban J connectivity index is 2.28. The maximum atomic E-state index is 12.2. The van der Waals surface area contributed by atoms with E-state index in [1.165, 1.54) is 6.92 Å². The molecule has 1 unspecified atom stereocenters. The van der Waals surface area contributed by atoms with E-state index in [0.29, 0.717) is 6.54 Å². The van der Waals surface area contributed by atoms with Crippen molar-refractivity contribution in [2.24, 2.45) is 0 Å². The van der Waals surface area contributed by atoms with Crippen molar-refractivity contribution in [3.05, 3.63) is 0 Å². The van der Waals surface area contributed by atoms with Crippen LogP contribution >= 0.6 is 0 Å². The molecule has 1 saturated carbocycles. The quantitative estimate of drug-likeness (QED) is 0.738. The molecule has 2 nitrogen and oxygen atoms in total. The van der Waals surface area contributed by atoms with Gasteiger partial charge in [-0.2, -0.15) is 0 Å². The molecule has 1 aliphatic rings. The van der Waals surface area contributed by atoms with Crippen LogP contribution in [0.2, 0.25) is 0 Å². The lowest BCUT2D eigenvalue weighted by Gasteiger charge is -2.33. The minimum atomic E-state index is -2.36. The van der Waals surface area contributed by atoms with E-state index >= 15 is 0 Å². The van der Waals surface area contributed by atoms with Gasteiger partial charge in [0, 0.05) is 6.54 Å². The minimum Gasteiger partial charge on any atom is -0.389 e. The second-order valence-corrected chi connectivity index (χ2v) is 4.29. The van der Waals surface area contributed by atoms with Gasteiger partial charge in [-0.1, -0.05) is 19.3 Å². The van der Waals surface area contributed by atoms with Crippen molar-refractivity contribution in [2.75, 3.05) is 6.54 Å². The Morgan fingerprint density at radius 2 is 1.86 bits per heavy atom. The summed E-state index contributed by atoms with van der Waals surface area (Å²) in [7, 11) is 0.